The Kier molecular flexibility index (Phi) is 14.6. The summed E-state index contributed by atoms with van der Waals surface area (Å²) in [7, 11) is 2.50. The molecule has 2 nitrogen and oxygen atoms in total. The van der Waals surface area contributed by atoms with Crippen molar-refractivity contribution < 1.29 is 4.74 Å². The molecule has 0 spiro atoms. The molecule has 0 heterocycles. The van der Waals surface area contributed by atoms with E-state index in [9.17, 15) is 0 Å². The molecule has 3 rings (SSSR count). The Morgan fingerprint density at radius 1 is 0.804 bits per heavy atom. The van der Waals surface area contributed by atoms with Crippen LogP contribution in [0, 0.1) is 5.92 Å². The van der Waals surface area contributed by atoms with E-state index in [0.717, 1.165) is 18.6 Å². The minimum atomic E-state index is -0.0471. The van der Waals surface area contributed by atoms with E-state index in [4.69, 9.17) is 4.74 Å². The molecule has 3 unspecified atom stereocenters. The minimum Gasteiger partial charge on any atom is -0.488 e. The van der Waals surface area contributed by atoms with E-state index in [0.29, 0.717) is 21.1 Å². The Balaban J connectivity index is 2.38. The van der Waals surface area contributed by atoms with Crippen molar-refractivity contribution in [1.29, 1.82) is 0 Å². The van der Waals surface area contributed by atoms with E-state index in [1.165, 1.54) is 78.1 Å². The zero-order chi connectivity index (χ0) is 33.8. The van der Waals surface area contributed by atoms with E-state index in [1.807, 2.05) is 13.3 Å². The fraction of sp³-hybridized carbons (Fsp3) is 0.558. The molecule has 3 atom stereocenters. The molecule has 46 heavy (non-hydrogen) atoms. The predicted molar refractivity (Wildman–Crippen MR) is 206 cm³/mol. The summed E-state index contributed by atoms with van der Waals surface area (Å²) in [6, 6.07) is 24.7. The van der Waals surface area contributed by atoms with Crippen LogP contribution in [0.25, 0.3) is 0 Å². The van der Waals surface area contributed by atoms with E-state index >= 15 is 0 Å². The van der Waals surface area contributed by atoms with Crippen molar-refractivity contribution >= 4 is 20.1 Å². The van der Waals surface area contributed by atoms with E-state index in [2.05, 4.69) is 134 Å². The van der Waals surface area contributed by atoms with Gasteiger partial charge in [-0.25, -0.2) is 0 Å². The summed E-state index contributed by atoms with van der Waals surface area (Å²) in [4.78, 5) is 4.45. The lowest BCUT2D eigenvalue weighted by molar-refractivity contribution is 0.265. The predicted octanol–water partition coefficient (Wildman–Crippen LogP) is 12.3. The number of nitrogens with zero attached hydrogens (tertiary/aromatic N) is 1. The number of rotatable bonds is 18. The first-order valence-corrected chi connectivity index (χ1v) is 19.1. The first-order valence-electron chi connectivity index (χ1n) is 18.1. The van der Waals surface area contributed by atoms with Gasteiger partial charge in [0.25, 0.3) is 0 Å². The van der Waals surface area contributed by atoms with Crippen molar-refractivity contribution in [1.82, 2.24) is 0 Å². The molecule has 0 N–H and O–H groups in total. The summed E-state index contributed by atoms with van der Waals surface area (Å²) in [5.74, 6) is 1.66. The van der Waals surface area contributed by atoms with Crippen LogP contribution < -0.4 is 10.0 Å². The molecule has 0 radical (unpaired) electrons. The molecular formula is C43H64NOP. The van der Waals surface area contributed by atoms with E-state index in [-0.39, 0.29) is 16.0 Å². The molecule has 3 aromatic rings. The van der Waals surface area contributed by atoms with Crippen molar-refractivity contribution in [3.8, 4) is 5.75 Å². The fourth-order valence-electron chi connectivity index (χ4n) is 6.63. The monoisotopic (exact) mass is 641 g/mol. The lowest BCUT2D eigenvalue weighted by Gasteiger charge is -2.41. The van der Waals surface area contributed by atoms with Gasteiger partial charge >= 0.3 is 0 Å². The smallest absolute Gasteiger partial charge is 0.127 e. The number of ether oxygens (including phenoxy) is 1. The molecule has 0 aliphatic carbocycles. The van der Waals surface area contributed by atoms with Gasteiger partial charge in [-0.15, -0.1) is 0 Å². The third-order valence-corrected chi connectivity index (χ3v) is 12.4. The van der Waals surface area contributed by atoms with Crippen LogP contribution in [0.3, 0.4) is 0 Å². The molecule has 0 aliphatic rings. The third kappa shape index (κ3) is 9.79. The quantitative estimate of drug-likeness (QED) is 0.0769. The molecule has 3 heteroatoms. The highest BCUT2D eigenvalue weighted by Crippen LogP contribution is 2.55. The molecule has 0 fully saturated rings. The minimum absolute atomic E-state index is 0.0157. The molecule has 3 aromatic carbocycles. The van der Waals surface area contributed by atoms with Crippen LogP contribution in [-0.2, 0) is 22.6 Å². The maximum absolute atomic E-state index is 7.19. The van der Waals surface area contributed by atoms with E-state index in [1.54, 1.807) is 0 Å². The Hall–Kier alpha value is -2.44. The molecular weight excluding hydrogens is 577 g/mol. The third-order valence-electron chi connectivity index (χ3n) is 10.3. The van der Waals surface area contributed by atoms with Crippen LogP contribution in [0.2, 0.25) is 0 Å². The van der Waals surface area contributed by atoms with Gasteiger partial charge in [-0.3, -0.25) is 4.99 Å². The summed E-state index contributed by atoms with van der Waals surface area (Å²) in [5, 5.41) is 1.35. The highest BCUT2D eigenvalue weighted by molar-refractivity contribution is 7.48. The normalized spacial score (nSPS) is 14.7. The summed E-state index contributed by atoms with van der Waals surface area (Å²) >= 11 is 0. The lowest BCUT2D eigenvalue weighted by atomic mass is 9.69. The fourth-order valence-corrected chi connectivity index (χ4v) is 8.41. The summed E-state index contributed by atoms with van der Waals surface area (Å²) in [6.45, 7) is 22.2. The van der Waals surface area contributed by atoms with Gasteiger partial charge in [0.05, 0.1) is 0 Å². The topological polar surface area (TPSA) is 21.6 Å². The highest BCUT2D eigenvalue weighted by Gasteiger charge is 2.40. The summed E-state index contributed by atoms with van der Waals surface area (Å²) < 4.78 is 7.19. The van der Waals surface area contributed by atoms with Crippen molar-refractivity contribution in [3.63, 3.8) is 0 Å². The number of hydrogen-bond acceptors (Lipinski definition) is 2. The first-order chi connectivity index (χ1) is 21.9. The van der Waals surface area contributed by atoms with Gasteiger partial charge < -0.3 is 4.74 Å². The molecule has 0 saturated carbocycles. The number of aliphatic imine (C=N–C) groups is 1. The standard InChI is InChI=1S/C43H64NOP/c1-11-14-17-23-33(4)42(8,9)37-29-36(41(5,6)7)30-38(40(37)45-32-34-24-18-16-19-25-34)43(13-3,28-22-15-12-2)46-39-27-21-20-26-35(39)31-44-10/h16,18-21,24-27,29-31,33,46H,11-15,17,22-23,28,32H2,1-10H3/b44-31+. The first kappa shape index (κ1) is 38.0. The Bertz CT molecular complexity index is 1370. The summed E-state index contributed by atoms with van der Waals surface area (Å²) in [5.41, 5.74) is 6.64. The maximum Gasteiger partial charge on any atom is 0.127 e. The van der Waals surface area contributed by atoms with Gasteiger partial charge in [-0.05, 0) is 58.0 Å². The van der Waals surface area contributed by atoms with Gasteiger partial charge in [-0.2, -0.15) is 0 Å². The number of hydrogen-bond donors (Lipinski definition) is 0. The van der Waals surface area contributed by atoms with Crippen molar-refractivity contribution in [2.45, 2.75) is 143 Å². The van der Waals surface area contributed by atoms with Crippen molar-refractivity contribution in [3.05, 3.63) is 94.5 Å². The Morgan fingerprint density at radius 2 is 1.43 bits per heavy atom. The SMILES string of the molecule is CCCCCC(C)C(C)(C)c1cc(C(C)(C)C)cc(C(CC)(CCCCC)Pc2ccccc2/C=N/C)c1OCc1ccccc1. The summed E-state index contributed by atoms with van der Waals surface area (Å²) in [6.07, 6.45) is 13.0. The van der Waals surface area contributed by atoms with Gasteiger partial charge in [0.15, 0.2) is 0 Å². The second kappa shape index (κ2) is 17.6. The average molecular weight is 642 g/mol. The van der Waals surface area contributed by atoms with Gasteiger partial charge in [0.1, 0.15) is 12.4 Å². The second-order valence-electron chi connectivity index (χ2n) is 15.0. The van der Waals surface area contributed by atoms with Crippen LogP contribution in [0.1, 0.15) is 148 Å². The van der Waals surface area contributed by atoms with E-state index < -0.39 is 0 Å². The second-order valence-corrected chi connectivity index (χ2v) is 16.8. The molecule has 252 valence electrons. The van der Waals surface area contributed by atoms with Crippen LogP contribution in [0.4, 0.5) is 0 Å². The van der Waals surface area contributed by atoms with Crippen LogP contribution in [0.5, 0.6) is 5.75 Å². The number of unbranched alkanes of at least 4 members (excludes halogenated alkanes) is 4. The molecule has 0 bridgehead atoms. The molecule has 0 amide bonds. The largest absolute Gasteiger partial charge is 0.488 e. The molecule has 0 aromatic heterocycles. The van der Waals surface area contributed by atoms with Gasteiger partial charge in [0, 0.05) is 29.5 Å². The molecule has 0 aliphatic heterocycles. The zero-order valence-electron chi connectivity index (χ0n) is 30.9. The van der Waals surface area contributed by atoms with Crippen LogP contribution in [0.15, 0.2) is 71.7 Å². The number of benzene rings is 3. The Labute approximate surface area is 285 Å². The van der Waals surface area contributed by atoms with Crippen LogP contribution >= 0.6 is 8.58 Å². The Morgan fingerprint density at radius 3 is 2.07 bits per heavy atom. The van der Waals surface area contributed by atoms with Crippen molar-refractivity contribution in [2.75, 3.05) is 7.05 Å². The molecule has 0 saturated heterocycles. The van der Waals surface area contributed by atoms with Gasteiger partial charge in [0.2, 0.25) is 0 Å². The van der Waals surface area contributed by atoms with Crippen LogP contribution in [-0.4, -0.2) is 13.3 Å². The average Bonchev–Trinajstić information content (AvgIpc) is 3.04. The van der Waals surface area contributed by atoms with Crippen molar-refractivity contribution in [2.24, 2.45) is 10.9 Å². The van der Waals surface area contributed by atoms with Gasteiger partial charge in [-0.1, -0.05) is 176 Å². The highest BCUT2D eigenvalue weighted by atomic mass is 31.1. The maximum atomic E-state index is 7.19. The lowest BCUT2D eigenvalue weighted by Crippen LogP contribution is -2.31. The zero-order valence-corrected chi connectivity index (χ0v) is 31.9.